The van der Waals surface area contributed by atoms with E-state index in [0.717, 1.165) is 24.2 Å². The minimum atomic E-state index is 0.159. The quantitative estimate of drug-likeness (QED) is 0.142. The van der Waals surface area contributed by atoms with Gasteiger partial charge in [0.25, 0.3) is 0 Å². The molecule has 2 nitrogen and oxygen atoms in total. The molecule has 31 heavy (non-hydrogen) atoms. The summed E-state index contributed by atoms with van der Waals surface area (Å²) in [5, 5.41) is 0. The molecule has 2 heteroatoms. The first-order valence-electron chi connectivity index (χ1n) is 13.9. The third kappa shape index (κ3) is 9.70. The first kappa shape index (κ1) is 28.2. The average molecular weight is 433 g/mol. The van der Waals surface area contributed by atoms with Gasteiger partial charge in [0, 0.05) is 0 Å². The number of unbranched alkanes of at least 4 members (excludes halogenated alkanes) is 3. The van der Waals surface area contributed by atoms with Crippen molar-refractivity contribution in [2.45, 2.75) is 143 Å². The first-order valence-corrected chi connectivity index (χ1v) is 13.9. The fraction of sp³-hybridized carbons (Fsp3) is 0.897. The zero-order valence-electron chi connectivity index (χ0n) is 21.9. The third-order valence-corrected chi connectivity index (χ3v) is 8.34. The van der Waals surface area contributed by atoms with Crippen molar-refractivity contribution in [3.8, 4) is 0 Å². The smallest absolute Gasteiger partial charge is 0.0805 e. The Kier molecular flexibility index (Phi) is 14.5. The van der Waals surface area contributed by atoms with E-state index in [2.05, 4.69) is 27.4 Å². The Hall–Kier alpha value is -0.790. The predicted octanol–water partition coefficient (Wildman–Crippen LogP) is 9.09. The summed E-state index contributed by atoms with van der Waals surface area (Å²) in [5.74, 6) is 2.58. The van der Waals surface area contributed by atoms with Crippen molar-refractivity contribution in [1.82, 2.24) is 0 Å². The standard InChI is InChI=1S/C27H50N2.C2H6/c1-5-6-7-9-15-24-16-12-17-25(20-24)27(3,4)22(2)26(29-21-28)19-18-23-13-10-8-11-14-23;1-2/h21,23-26H,2,5-20H2,1,3-4H3,(H2,28,29);1-2H3. The molecule has 3 atom stereocenters. The van der Waals surface area contributed by atoms with Gasteiger partial charge in [-0.3, -0.25) is 4.99 Å². The minimum Gasteiger partial charge on any atom is -0.390 e. The largest absolute Gasteiger partial charge is 0.390 e. The second-order valence-electron chi connectivity index (χ2n) is 10.7. The van der Waals surface area contributed by atoms with Gasteiger partial charge in [-0.15, -0.1) is 0 Å². The molecule has 0 radical (unpaired) electrons. The highest BCUT2D eigenvalue weighted by Gasteiger charge is 2.38. The van der Waals surface area contributed by atoms with Crippen LogP contribution in [0, 0.1) is 23.2 Å². The Labute approximate surface area is 195 Å². The average Bonchev–Trinajstić information content (AvgIpc) is 2.81. The Morgan fingerprint density at radius 1 is 0.968 bits per heavy atom. The molecule has 0 amide bonds. The highest BCUT2D eigenvalue weighted by Crippen LogP contribution is 2.47. The van der Waals surface area contributed by atoms with Gasteiger partial charge in [0.1, 0.15) is 0 Å². The molecular formula is C29H56N2. The van der Waals surface area contributed by atoms with Crippen LogP contribution in [-0.4, -0.2) is 12.4 Å². The van der Waals surface area contributed by atoms with E-state index in [0.29, 0.717) is 0 Å². The van der Waals surface area contributed by atoms with Crippen molar-refractivity contribution in [2.24, 2.45) is 33.9 Å². The van der Waals surface area contributed by atoms with Gasteiger partial charge >= 0.3 is 0 Å². The van der Waals surface area contributed by atoms with E-state index in [4.69, 9.17) is 10.7 Å². The van der Waals surface area contributed by atoms with Crippen LogP contribution in [0.1, 0.15) is 137 Å². The van der Waals surface area contributed by atoms with Crippen molar-refractivity contribution in [3.63, 3.8) is 0 Å². The molecule has 0 saturated heterocycles. The molecule has 2 saturated carbocycles. The van der Waals surface area contributed by atoms with Crippen LogP contribution < -0.4 is 5.73 Å². The molecule has 182 valence electrons. The highest BCUT2D eigenvalue weighted by molar-refractivity contribution is 5.52. The molecule has 2 aliphatic rings. The molecule has 0 aromatic rings. The van der Waals surface area contributed by atoms with Gasteiger partial charge in [-0.1, -0.05) is 118 Å². The van der Waals surface area contributed by atoms with Gasteiger partial charge in [-0.2, -0.15) is 0 Å². The molecule has 0 aromatic carbocycles. The van der Waals surface area contributed by atoms with E-state index in [-0.39, 0.29) is 11.5 Å². The molecule has 2 N–H and O–H groups in total. The summed E-state index contributed by atoms with van der Waals surface area (Å²) >= 11 is 0. The maximum absolute atomic E-state index is 5.77. The summed E-state index contributed by atoms with van der Waals surface area (Å²) in [4.78, 5) is 4.71. The summed E-state index contributed by atoms with van der Waals surface area (Å²) in [7, 11) is 0. The van der Waals surface area contributed by atoms with E-state index >= 15 is 0 Å². The maximum Gasteiger partial charge on any atom is 0.0805 e. The fourth-order valence-corrected chi connectivity index (χ4v) is 6.07. The molecule has 0 bridgehead atoms. The molecule has 2 rings (SSSR count). The third-order valence-electron chi connectivity index (χ3n) is 8.34. The normalized spacial score (nSPS) is 23.9. The molecule has 2 aliphatic carbocycles. The summed E-state index contributed by atoms with van der Waals surface area (Å²) < 4.78 is 0. The first-order chi connectivity index (χ1) is 15.0. The number of hydrogen-bond acceptors (Lipinski definition) is 1. The fourth-order valence-electron chi connectivity index (χ4n) is 6.07. The van der Waals surface area contributed by atoms with Crippen molar-refractivity contribution in [3.05, 3.63) is 12.2 Å². The van der Waals surface area contributed by atoms with Crippen LogP contribution in [-0.2, 0) is 0 Å². The minimum absolute atomic E-state index is 0.159. The monoisotopic (exact) mass is 432 g/mol. The lowest BCUT2D eigenvalue weighted by Gasteiger charge is -2.43. The van der Waals surface area contributed by atoms with Crippen molar-refractivity contribution >= 4 is 6.34 Å². The van der Waals surface area contributed by atoms with E-state index in [1.807, 2.05) is 13.8 Å². The lowest BCUT2D eigenvalue weighted by molar-refractivity contribution is 0.143. The van der Waals surface area contributed by atoms with E-state index in [1.165, 1.54) is 108 Å². The van der Waals surface area contributed by atoms with Crippen LogP contribution in [0.15, 0.2) is 17.1 Å². The van der Waals surface area contributed by atoms with Crippen molar-refractivity contribution in [1.29, 1.82) is 0 Å². The molecule has 3 unspecified atom stereocenters. The molecule has 0 aromatic heterocycles. The lowest BCUT2D eigenvalue weighted by Crippen LogP contribution is -2.34. The molecule has 0 aliphatic heterocycles. The highest BCUT2D eigenvalue weighted by atomic mass is 14.8. The summed E-state index contributed by atoms with van der Waals surface area (Å²) in [6.07, 6.45) is 23.7. The second-order valence-corrected chi connectivity index (χ2v) is 10.7. The van der Waals surface area contributed by atoms with Gasteiger partial charge in [-0.05, 0) is 54.4 Å². The van der Waals surface area contributed by atoms with Crippen LogP contribution in [0.5, 0.6) is 0 Å². The van der Waals surface area contributed by atoms with Gasteiger partial charge in [0.2, 0.25) is 0 Å². The predicted molar refractivity (Wildman–Crippen MR) is 141 cm³/mol. The summed E-state index contributed by atoms with van der Waals surface area (Å²) in [6.45, 7) is 15.8. The van der Waals surface area contributed by atoms with E-state index < -0.39 is 0 Å². The number of nitrogens with zero attached hydrogens (tertiary/aromatic N) is 1. The Bertz CT molecular complexity index is 487. The maximum atomic E-state index is 5.77. The van der Waals surface area contributed by atoms with Crippen LogP contribution in [0.3, 0.4) is 0 Å². The Morgan fingerprint density at radius 2 is 1.65 bits per heavy atom. The van der Waals surface area contributed by atoms with Gasteiger partial charge in [0.05, 0.1) is 12.4 Å². The van der Waals surface area contributed by atoms with E-state index in [9.17, 15) is 0 Å². The van der Waals surface area contributed by atoms with Crippen LogP contribution in [0.2, 0.25) is 0 Å². The summed E-state index contributed by atoms with van der Waals surface area (Å²) in [6, 6.07) is 0.210. The Balaban J connectivity index is 0.00000233. The van der Waals surface area contributed by atoms with Crippen LogP contribution in [0.4, 0.5) is 0 Å². The van der Waals surface area contributed by atoms with Crippen LogP contribution >= 0.6 is 0 Å². The zero-order chi connectivity index (χ0) is 23.1. The zero-order valence-corrected chi connectivity index (χ0v) is 21.9. The van der Waals surface area contributed by atoms with Gasteiger partial charge in [0.15, 0.2) is 0 Å². The van der Waals surface area contributed by atoms with Gasteiger partial charge < -0.3 is 5.73 Å². The van der Waals surface area contributed by atoms with Crippen molar-refractivity contribution < 1.29 is 0 Å². The molecular weight excluding hydrogens is 376 g/mol. The molecule has 2 fully saturated rings. The summed E-state index contributed by atoms with van der Waals surface area (Å²) in [5.41, 5.74) is 7.26. The van der Waals surface area contributed by atoms with Crippen molar-refractivity contribution in [2.75, 3.05) is 0 Å². The van der Waals surface area contributed by atoms with E-state index in [1.54, 1.807) is 0 Å². The van der Waals surface area contributed by atoms with Crippen LogP contribution in [0.25, 0.3) is 0 Å². The SMILES string of the molecule is C=C(C(CCC1CCCCC1)N=CN)C(C)(C)C1CCCC(CCCCCC)C1.CC. The number of nitrogens with two attached hydrogens (primary N) is 1. The number of aliphatic imine (C=N–C) groups is 1. The number of rotatable bonds is 12. The Morgan fingerprint density at radius 3 is 2.29 bits per heavy atom. The second kappa shape index (κ2) is 15.9. The lowest BCUT2D eigenvalue weighted by atomic mass is 9.63. The molecule has 0 heterocycles. The topological polar surface area (TPSA) is 38.4 Å². The molecule has 0 spiro atoms. The van der Waals surface area contributed by atoms with Gasteiger partial charge in [-0.25, -0.2) is 0 Å². The number of hydrogen-bond donors (Lipinski definition) is 1.